The van der Waals surface area contributed by atoms with Crippen molar-refractivity contribution in [1.82, 2.24) is 0 Å². The van der Waals surface area contributed by atoms with E-state index in [1.165, 1.54) is 5.56 Å². The first kappa shape index (κ1) is 11.1. The fraction of sp³-hybridized carbons (Fsp3) is 0.462. The summed E-state index contributed by atoms with van der Waals surface area (Å²) in [5, 5.41) is 0. The van der Waals surface area contributed by atoms with Crippen LogP contribution in [0.5, 0.6) is 0 Å². The van der Waals surface area contributed by atoms with Crippen LogP contribution in [0.4, 0.5) is 0 Å². The molecular weight excluding hydrogens is 204 g/mol. The summed E-state index contributed by atoms with van der Waals surface area (Å²) in [4.78, 5) is 11.5. The van der Waals surface area contributed by atoms with Gasteiger partial charge < -0.3 is 9.47 Å². The maximum absolute atomic E-state index is 11.5. The molecule has 3 heteroatoms. The molecule has 0 saturated carbocycles. The molecule has 0 bridgehead atoms. The number of hydrogen-bond donors (Lipinski definition) is 0. The summed E-state index contributed by atoms with van der Waals surface area (Å²) >= 11 is 0. The number of benzene rings is 1. The van der Waals surface area contributed by atoms with E-state index in [0.717, 1.165) is 5.56 Å². The second-order valence-electron chi connectivity index (χ2n) is 4.22. The van der Waals surface area contributed by atoms with Gasteiger partial charge in [0.15, 0.2) is 6.10 Å². The van der Waals surface area contributed by atoms with Crippen LogP contribution >= 0.6 is 0 Å². The van der Waals surface area contributed by atoms with Gasteiger partial charge in [0.1, 0.15) is 5.60 Å². The van der Waals surface area contributed by atoms with Crippen molar-refractivity contribution >= 4 is 5.97 Å². The molecule has 0 aromatic heterocycles. The summed E-state index contributed by atoms with van der Waals surface area (Å²) in [5.41, 5.74) is 1.72. The molecule has 0 spiro atoms. The maximum atomic E-state index is 11.5. The number of ether oxygens (including phenoxy) is 2. The average molecular weight is 220 g/mol. The van der Waals surface area contributed by atoms with E-state index in [-0.39, 0.29) is 5.97 Å². The largest absolute Gasteiger partial charge is 0.464 e. The van der Waals surface area contributed by atoms with Crippen molar-refractivity contribution in [2.75, 3.05) is 6.61 Å². The van der Waals surface area contributed by atoms with Gasteiger partial charge in [0, 0.05) is 0 Å². The lowest BCUT2D eigenvalue weighted by atomic mass is 9.96. The van der Waals surface area contributed by atoms with E-state index >= 15 is 0 Å². The molecule has 2 atom stereocenters. The first-order valence-corrected chi connectivity index (χ1v) is 5.49. The summed E-state index contributed by atoms with van der Waals surface area (Å²) in [7, 11) is 0. The van der Waals surface area contributed by atoms with Crippen molar-refractivity contribution < 1.29 is 14.3 Å². The van der Waals surface area contributed by atoms with E-state index in [1.807, 2.05) is 38.1 Å². The Labute approximate surface area is 95.4 Å². The third kappa shape index (κ3) is 1.83. The number of aryl methyl sites for hydroxylation is 1. The Morgan fingerprint density at radius 2 is 2.06 bits per heavy atom. The van der Waals surface area contributed by atoms with Gasteiger partial charge in [-0.05, 0) is 26.3 Å². The quantitative estimate of drug-likeness (QED) is 0.579. The molecule has 1 aromatic rings. The van der Waals surface area contributed by atoms with Crippen LogP contribution in [-0.4, -0.2) is 18.7 Å². The van der Waals surface area contributed by atoms with Crippen molar-refractivity contribution in [3.05, 3.63) is 35.4 Å². The Morgan fingerprint density at radius 3 is 2.62 bits per heavy atom. The van der Waals surface area contributed by atoms with Gasteiger partial charge in [0.25, 0.3) is 0 Å². The maximum Gasteiger partial charge on any atom is 0.338 e. The summed E-state index contributed by atoms with van der Waals surface area (Å²) < 4.78 is 10.4. The summed E-state index contributed by atoms with van der Waals surface area (Å²) in [6.07, 6.45) is -0.449. The van der Waals surface area contributed by atoms with Crippen LogP contribution in [0, 0.1) is 6.92 Å². The Balaban J connectivity index is 2.12. The molecule has 1 fully saturated rings. The predicted molar refractivity (Wildman–Crippen MR) is 60.0 cm³/mol. The van der Waals surface area contributed by atoms with Crippen LogP contribution in [0.25, 0.3) is 0 Å². The van der Waals surface area contributed by atoms with E-state index in [9.17, 15) is 4.79 Å². The first-order chi connectivity index (χ1) is 7.58. The van der Waals surface area contributed by atoms with E-state index in [1.54, 1.807) is 6.92 Å². The molecule has 16 heavy (non-hydrogen) atoms. The Morgan fingerprint density at radius 1 is 1.44 bits per heavy atom. The van der Waals surface area contributed by atoms with Crippen molar-refractivity contribution in [2.24, 2.45) is 0 Å². The lowest BCUT2D eigenvalue weighted by molar-refractivity contribution is -0.144. The third-order valence-electron chi connectivity index (χ3n) is 2.93. The lowest BCUT2D eigenvalue weighted by Crippen LogP contribution is -2.18. The number of epoxide rings is 1. The van der Waals surface area contributed by atoms with Crippen LogP contribution in [0.2, 0.25) is 0 Å². The number of carbonyl (C=O) groups is 1. The highest BCUT2D eigenvalue weighted by molar-refractivity contribution is 5.79. The molecule has 1 aliphatic rings. The van der Waals surface area contributed by atoms with E-state index in [2.05, 4.69) is 0 Å². The van der Waals surface area contributed by atoms with Crippen LogP contribution in [0.1, 0.15) is 25.0 Å². The molecule has 1 aromatic carbocycles. The average Bonchev–Trinajstić information content (AvgIpc) is 2.93. The van der Waals surface area contributed by atoms with Gasteiger partial charge >= 0.3 is 5.97 Å². The highest BCUT2D eigenvalue weighted by atomic mass is 16.7. The van der Waals surface area contributed by atoms with Crippen molar-refractivity contribution in [1.29, 1.82) is 0 Å². The van der Waals surface area contributed by atoms with E-state index in [4.69, 9.17) is 9.47 Å². The zero-order chi connectivity index (χ0) is 11.8. The second kappa shape index (κ2) is 3.91. The summed E-state index contributed by atoms with van der Waals surface area (Å²) in [6.45, 7) is 6.13. The van der Waals surface area contributed by atoms with Crippen LogP contribution < -0.4 is 0 Å². The summed E-state index contributed by atoms with van der Waals surface area (Å²) in [5.74, 6) is -0.273. The highest BCUT2D eigenvalue weighted by Gasteiger charge is 2.59. The van der Waals surface area contributed by atoms with Gasteiger partial charge in [-0.1, -0.05) is 29.8 Å². The molecule has 0 radical (unpaired) electrons. The Hall–Kier alpha value is -1.35. The first-order valence-electron chi connectivity index (χ1n) is 5.49. The second-order valence-corrected chi connectivity index (χ2v) is 4.22. The topological polar surface area (TPSA) is 38.8 Å². The van der Waals surface area contributed by atoms with Crippen LogP contribution in [0.15, 0.2) is 24.3 Å². The lowest BCUT2D eigenvalue weighted by Gasteiger charge is -2.06. The molecule has 86 valence electrons. The van der Waals surface area contributed by atoms with Crippen LogP contribution in [0.3, 0.4) is 0 Å². The molecule has 2 rings (SSSR count). The number of esters is 1. The number of rotatable bonds is 3. The number of hydrogen-bond acceptors (Lipinski definition) is 3. The molecule has 1 aliphatic heterocycles. The van der Waals surface area contributed by atoms with E-state index in [0.29, 0.717) is 6.61 Å². The molecule has 1 heterocycles. The SMILES string of the molecule is CCOC(=O)[C@@H]1O[C@]1(C)c1ccc(C)cc1. The molecular formula is C13H16O3. The summed E-state index contributed by atoms with van der Waals surface area (Å²) in [6, 6.07) is 8.03. The molecule has 0 amide bonds. The molecule has 0 N–H and O–H groups in total. The van der Waals surface area contributed by atoms with E-state index < -0.39 is 11.7 Å². The molecule has 0 aliphatic carbocycles. The van der Waals surface area contributed by atoms with Gasteiger partial charge in [-0.3, -0.25) is 0 Å². The smallest absolute Gasteiger partial charge is 0.338 e. The molecule has 0 unspecified atom stereocenters. The fourth-order valence-corrected chi connectivity index (χ4v) is 1.81. The van der Waals surface area contributed by atoms with Gasteiger partial charge in [0.2, 0.25) is 0 Å². The van der Waals surface area contributed by atoms with Crippen molar-refractivity contribution in [3.8, 4) is 0 Å². The van der Waals surface area contributed by atoms with Crippen molar-refractivity contribution in [3.63, 3.8) is 0 Å². The minimum atomic E-state index is -0.500. The van der Waals surface area contributed by atoms with Gasteiger partial charge in [-0.25, -0.2) is 4.79 Å². The third-order valence-corrected chi connectivity index (χ3v) is 2.93. The monoisotopic (exact) mass is 220 g/mol. The molecule has 1 saturated heterocycles. The zero-order valence-electron chi connectivity index (χ0n) is 9.82. The van der Waals surface area contributed by atoms with Gasteiger partial charge in [-0.2, -0.15) is 0 Å². The Bertz CT molecular complexity index is 396. The predicted octanol–water partition coefficient (Wildman–Crippen LogP) is 2.17. The van der Waals surface area contributed by atoms with Gasteiger partial charge in [-0.15, -0.1) is 0 Å². The highest BCUT2D eigenvalue weighted by Crippen LogP contribution is 2.46. The van der Waals surface area contributed by atoms with Crippen molar-refractivity contribution in [2.45, 2.75) is 32.5 Å². The molecule has 3 nitrogen and oxygen atoms in total. The minimum Gasteiger partial charge on any atom is -0.464 e. The fourth-order valence-electron chi connectivity index (χ4n) is 1.81. The zero-order valence-corrected chi connectivity index (χ0v) is 9.82. The van der Waals surface area contributed by atoms with Crippen LogP contribution in [-0.2, 0) is 19.9 Å². The Kier molecular flexibility index (Phi) is 2.72. The standard InChI is InChI=1S/C13H16O3/c1-4-15-12(14)11-13(3,16-11)10-7-5-9(2)6-8-10/h5-8,11H,4H2,1-3H3/t11-,13+/m0/s1. The normalized spacial score (nSPS) is 27.6. The van der Waals surface area contributed by atoms with Gasteiger partial charge in [0.05, 0.1) is 6.61 Å². The number of carbonyl (C=O) groups excluding carboxylic acids is 1. The minimum absolute atomic E-state index is 0.273.